The molecule has 2 aromatic carbocycles. The highest BCUT2D eigenvalue weighted by Gasteiger charge is 2.25. The van der Waals surface area contributed by atoms with Crippen molar-refractivity contribution < 1.29 is 14.3 Å². The van der Waals surface area contributed by atoms with E-state index in [0.29, 0.717) is 5.69 Å². The van der Waals surface area contributed by atoms with Gasteiger partial charge in [-0.1, -0.05) is 18.2 Å². The van der Waals surface area contributed by atoms with E-state index >= 15 is 0 Å². The third-order valence-corrected chi connectivity index (χ3v) is 5.57. The highest BCUT2D eigenvalue weighted by atomic mass is 127. The first-order chi connectivity index (χ1) is 12.9. The van der Waals surface area contributed by atoms with Crippen LogP contribution in [-0.4, -0.2) is 22.3 Å². The van der Waals surface area contributed by atoms with Gasteiger partial charge in [0.25, 0.3) is 0 Å². The van der Waals surface area contributed by atoms with Crippen molar-refractivity contribution in [1.29, 1.82) is 0 Å². The van der Waals surface area contributed by atoms with E-state index in [0.717, 1.165) is 25.6 Å². The van der Waals surface area contributed by atoms with Gasteiger partial charge < -0.3 is 4.74 Å². The molecule has 0 amide bonds. The van der Waals surface area contributed by atoms with Crippen LogP contribution in [0.4, 0.5) is 0 Å². The number of aryl methyl sites for hydroxylation is 1. The Morgan fingerprint density at radius 2 is 1.96 bits per heavy atom. The lowest BCUT2D eigenvalue weighted by Crippen LogP contribution is -2.08. The average molecular weight is 470 g/mol. The summed E-state index contributed by atoms with van der Waals surface area (Å²) in [5, 5.41) is 0.920. The lowest BCUT2D eigenvalue weighted by Gasteiger charge is -2.02. The summed E-state index contributed by atoms with van der Waals surface area (Å²) in [4.78, 5) is 28.8. The molecule has 2 heterocycles. The first kappa shape index (κ1) is 17.7. The lowest BCUT2D eigenvalue weighted by atomic mass is 10.1. The van der Waals surface area contributed by atoms with Gasteiger partial charge in [-0.05, 0) is 71.5 Å². The van der Waals surface area contributed by atoms with E-state index in [1.54, 1.807) is 10.6 Å². The second-order valence-electron chi connectivity index (χ2n) is 6.28. The molecule has 5 nitrogen and oxygen atoms in total. The molecule has 1 aliphatic heterocycles. The van der Waals surface area contributed by atoms with Crippen LogP contribution in [0.2, 0.25) is 0 Å². The highest BCUT2D eigenvalue weighted by molar-refractivity contribution is 14.1. The van der Waals surface area contributed by atoms with E-state index in [2.05, 4.69) is 27.6 Å². The Labute approximate surface area is 169 Å². The molecule has 0 saturated heterocycles. The zero-order valence-electron chi connectivity index (χ0n) is 14.7. The molecule has 0 spiro atoms. The van der Waals surface area contributed by atoms with Crippen LogP contribution in [-0.2, 0) is 9.53 Å². The highest BCUT2D eigenvalue weighted by Crippen LogP contribution is 2.25. The van der Waals surface area contributed by atoms with Crippen LogP contribution < -0.4 is 0 Å². The number of aliphatic imine (C=N–C) groups is 1. The number of carbonyl (C=O) groups is 2. The van der Waals surface area contributed by atoms with Crippen LogP contribution in [0, 0.1) is 10.5 Å². The number of hydrogen-bond donors (Lipinski definition) is 0. The van der Waals surface area contributed by atoms with Crippen LogP contribution in [0.5, 0.6) is 0 Å². The molecule has 27 heavy (non-hydrogen) atoms. The van der Waals surface area contributed by atoms with E-state index in [9.17, 15) is 9.59 Å². The number of hydrogen-bond acceptors (Lipinski definition) is 4. The third kappa shape index (κ3) is 3.21. The van der Waals surface area contributed by atoms with Gasteiger partial charge in [0.1, 0.15) is 0 Å². The molecular formula is C21H15IN2O3. The van der Waals surface area contributed by atoms with Gasteiger partial charge in [0.15, 0.2) is 5.70 Å². The molecule has 0 fully saturated rings. The average Bonchev–Trinajstić information content (AvgIpc) is 3.18. The number of para-hydroxylation sites is 1. The number of halogens is 1. The summed E-state index contributed by atoms with van der Waals surface area (Å²) >= 11 is 2.25. The molecule has 0 unspecified atom stereocenters. The van der Waals surface area contributed by atoms with E-state index in [-0.39, 0.29) is 17.5 Å². The first-order valence-corrected chi connectivity index (χ1v) is 9.42. The molecule has 0 radical (unpaired) electrons. The minimum Gasteiger partial charge on any atom is -0.402 e. The predicted molar refractivity (Wildman–Crippen MR) is 113 cm³/mol. The zero-order chi connectivity index (χ0) is 19.1. The lowest BCUT2D eigenvalue weighted by molar-refractivity contribution is -0.129. The Balaban J connectivity index is 1.80. The summed E-state index contributed by atoms with van der Waals surface area (Å²) < 4.78 is 8.04. The summed E-state index contributed by atoms with van der Waals surface area (Å²) in [6.07, 6.45) is 1.59. The number of aromatic nitrogens is 1. The van der Waals surface area contributed by atoms with Crippen LogP contribution >= 0.6 is 22.6 Å². The Hall–Kier alpha value is -2.74. The molecule has 0 N–H and O–H groups in total. The summed E-state index contributed by atoms with van der Waals surface area (Å²) in [7, 11) is 0. The van der Waals surface area contributed by atoms with Gasteiger partial charge in [0.2, 0.25) is 11.8 Å². The number of rotatable bonds is 2. The van der Waals surface area contributed by atoms with Gasteiger partial charge in [-0.15, -0.1) is 0 Å². The second-order valence-corrected chi connectivity index (χ2v) is 7.44. The number of cyclic esters (lactones) is 1. The minimum atomic E-state index is -0.526. The molecule has 0 bridgehead atoms. The van der Waals surface area contributed by atoms with Crippen molar-refractivity contribution in [2.75, 3.05) is 0 Å². The van der Waals surface area contributed by atoms with Crippen molar-refractivity contribution in [2.45, 2.75) is 13.8 Å². The monoisotopic (exact) mass is 470 g/mol. The number of carbonyl (C=O) groups excluding carboxylic acids is 2. The first-order valence-electron chi connectivity index (χ1n) is 8.34. The molecule has 3 aromatic rings. The quantitative estimate of drug-likeness (QED) is 0.314. The molecule has 0 atom stereocenters. The van der Waals surface area contributed by atoms with E-state index in [1.807, 2.05) is 55.5 Å². The molecule has 4 rings (SSSR count). The number of fused-ring (bicyclic) bond motifs is 1. The van der Waals surface area contributed by atoms with Gasteiger partial charge in [-0.2, -0.15) is 0 Å². The van der Waals surface area contributed by atoms with Gasteiger partial charge in [0.05, 0.1) is 11.2 Å². The van der Waals surface area contributed by atoms with E-state index in [4.69, 9.17) is 4.74 Å². The maximum absolute atomic E-state index is 12.3. The number of benzene rings is 2. The summed E-state index contributed by atoms with van der Waals surface area (Å²) in [6, 6.07) is 15.2. The molecule has 1 aliphatic rings. The molecule has 0 saturated carbocycles. The standard InChI is InChI=1S/C21H15IN2O3/c1-12-9-15(7-8-17(12)22)20-23-18(21(26)27-20)11-16-10-14-5-3-4-6-19(14)24(16)13(2)25/h3-11H,1-2H3/b18-11-. The SMILES string of the molecule is CC(=O)n1c(/C=C2\N=C(c3ccc(I)c(C)c3)OC2=O)cc2ccccc21. The minimum absolute atomic E-state index is 0.133. The van der Waals surface area contributed by atoms with Crippen LogP contribution in [0.25, 0.3) is 17.0 Å². The van der Waals surface area contributed by atoms with Crippen LogP contribution in [0.15, 0.2) is 59.2 Å². The summed E-state index contributed by atoms with van der Waals surface area (Å²) in [5.74, 6) is -0.385. The molecule has 134 valence electrons. The van der Waals surface area contributed by atoms with Gasteiger partial charge in [0, 0.05) is 21.4 Å². The third-order valence-electron chi connectivity index (χ3n) is 4.36. The fourth-order valence-corrected chi connectivity index (χ4v) is 3.42. The Morgan fingerprint density at radius 1 is 1.19 bits per heavy atom. The van der Waals surface area contributed by atoms with Crippen LogP contribution in [0.3, 0.4) is 0 Å². The molecule has 1 aromatic heterocycles. The van der Waals surface area contributed by atoms with Crippen molar-refractivity contribution >= 4 is 57.3 Å². The maximum Gasteiger partial charge on any atom is 0.363 e. The fourth-order valence-electron chi connectivity index (χ4n) is 3.08. The molecule has 6 heteroatoms. The van der Waals surface area contributed by atoms with Gasteiger partial charge in [-0.3, -0.25) is 9.36 Å². The fraction of sp³-hybridized carbons (Fsp3) is 0.0952. The Bertz CT molecular complexity index is 1170. The molecular weight excluding hydrogens is 455 g/mol. The van der Waals surface area contributed by atoms with Crippen LogP contribution in [0.1, 0.15) is 28.5 Å². The topological polar surface area (TPSA) is 60.7 Å². The Morgan fingerprint density at radius 3 is 2.70 bits per heavy atom. The smallest absolute Gasteiger partial charge is 0.363 e. The normalized spacial score (nSPS) is 15.3. The maximum atomic E-state index is 12.3. The predicted octanol–water partition coefficient (Wildman–Crippen LogP) is 4.56. The second kappa shape index (κ2) is 6.77. The van der Waals surface area contributed by atoms with E-state index in [1.165, 1.54) is 6.92 Å². The van der Waals surface area contributed by atoms with Crippen molar-refractivity contribution in [3.05, 3.63) is 74.6 Å². The number of esters is 1. The van der Waals surface area contributed by atoms with Gasteiger partial charge >= 0.3 is 5.97 Å². The van der Waals surface area contributed by atoms with Crippen molar-refractivity contribution in [1.82, 2.24) is 4.57 Å². The van der Waals surface area contributed by atoms with E-state index < -0.39 is 5.97 Å². The Kier molecular flexibility index (Phi) is 4.43. The summed E-state index contributed by atoms with van der Waals surface area (Å²) in [6.45, 7) is 3.48. The number of ether oxygens (including phenoxy) is 1. The van der Waals surface area contributed by atoms with Crippen molar-refractivity contribution in [3.8, 4) is 0 Å². The van der Waals surface area contributed by atoms with Crippen molar-refractivity contribution in [3.63, 3.8) is 0 Å². The largest absolute Gasteiger partial charge is 0.402 e. The van der Waals surface area contributed by atoms with Crippen molar-refractivity contribution in [2.24, 2.45) is 4.99 Å². The molecule has 0 aliphatic carbocycles. The number of nitrogens with zero attached hydrogens (tertiary/aromatic N) is 2. The van der Waals surface area contributed by atoms with Gasteiger partial charge in [-0.25, -0.2) is 9.79 Å². The summed E-state index contributed by atoms with van der Waals surface area (Å²) in [5.41, 5.74) is 3.39. The zero-order valence-corrected chi connectivity index (χ0v) is 16.9.